The van der Waals surface area contributed by atoms with Crippen LogP contribution in [0.15, 0.2) is 138 Å². The molecule has 0 fully saturated rings. The minimum absolute atomic E-state index is 0.0111. The monoisotopic (exact) mass is 813 g/mol. The van der Waals surface area contributed by atoms with Gasteiger partial charge in [0.15, 0.2) is 6.29 Å². The Morgan fingerprint density at radius 1 is 0.617 bits per heavy atom. The van der Waals surface area contributed by atoms with E-state index in [0.717, 1.165) is 30.6 Å². The SMILES string of the molecule is CC/C(=C\C(c1ccc(O)cc1)C(C)(C)/C(=C/C(c1ccc(OC(C)=O)cc1)C(C)(C)C)CC)C(C)(C)C(C=C(C)C)c1ccc(OC(C)OCCc2ccccc2)cc1. The van der Waals surface area contributed by atoms with E-state index in [1.165, 1.54) is 40.3 Å². The van der Waals surface area contributed by atoms with Gasteiger partial charge in [-0.3, -0.25) is 4.79 Å². The minimum Gasteiger partial charge on any atom is -0.508 e. The Labute approximate surface area is 362 Å². The molecule has 0 aliphatic heterocycles. The largest absolute Gasteiger partial charge is 0.508 e. The van der Waals surface area contributed by atoms with Crippen molar-refractivity contribution in [2.24, 2.45) is 16.2 Å². The highest BCUT2D eigenvalue weighted by atomic mass is 16.7. The van der Waals surface area contributed by atoms with E-state index in [2.05, 4.69) is 167 Å². The molecule has 4 aromatic rings. The highest BCUT2D eigenvalue weighted by Gasteiger charge is 2.38. The van der Waals surface area contributed by atoms with Crippen molar-refractivity contribution in [3.8, 4) is 17.2 Å². The third kappa shape index (κ3) is 13.1. The molecule has 4 rings (SSSR count). The molecule has 0 saturated heterocycles. The number of ether oxygens (including phenoxy) is 3. The van der Waals surface area contributed by atoms with Crippen molar-refractivity contribution in [1.29, 1.82) is 0 Å². The van der Waals surface area contributed by atoms with E-state index in [1.54, 1.807) is 0 Å². The van der Waals surface area contributed by atoms with Gasteiger partial charge in [0.2, 0.25) is 0 Å². The fourth-order valence-corrected chi connectivity index (χ4v) is 8.56. The van der Waals surface area contributed by atoms with E-state index in [-0.39, 0.29) is 52.0 Å². The normalized spacial score (nSPS) is 14.8. The fourth-order valence-electron chi connectivity index (χ4n) is 8.56. The third-order valence-electron chi connectivity index (χ3n) is 12.0. The van der Waals surface area contributed by atoms with E-state index in [4.69, 9.17) is 14.2 Å². The van der Waals surface area contributed by atoms with E-state index in [1.807, 2.05) is 37.3 Å². The number of esters is 1. The molecule has 5 nitrogen and oxygen atoms in total. The molecule has 4 aromatic carbocycles. The molecule has 0 saturated carbocycles. The Morgan fingerprint density at radius 3 is 1.53 bits per heavy atom. The summed E-state index contributed by atoms with van der Waals surface area (Å²) in [5, 5.41) is 10.4. The van der Waals surface area contributed by atoms with Crippen molar-refractivity contribution in [3.63, 3.8) is 0 Å². The van der Waals surface area contributed by atoms with Gasteiger partial charge in [-0.2, -0.15) is 0 Å². The lowest BCUT2D eigenvalue weighted by Gasteiger charge is -2.41. The molecule has 0 aromatic heterocycles. The van der Waals surface area contributed by atoms with Gasteiger partial charge in [-0.25, -0.2) is 0 Å². The lowest BCUT2D eigenvalue weighted by atomic mass is 9.63. The summed E-state index contributed by atoms with van der Waals surface area (Å²) < 4.78 is 17.6. The maximum Gasteiger partial charge on any atom is 0.308 e. The highest BCUT2D eigenvalue weighted by Crippen LogP contribution is 2.51. The number of aromatic hydroxyl groups is 1. The summed E-state index contributed by atoms with van der Waals surface area (Å²) in [5.74, 6) is 1.50. The lowest BCUT2D eigenvalue weighted by molar-refractivity contribution is -0.131. The third-order valence-corrected chi connectivity index (χ3v) is 12.0. The van der Waals surface area contributed by atoms with E-state index >= 15 is 0 Å². The molecule has 60 heavy (non-hydrogen) atoms. The first-order valence-corrected chi connectivity index (χ1v) is 21.8. The van der Waals surface area contributed by atoms with E-state index < -0.39 is 0 Å². The molecular weight excluding hydrogens is 741 g/mol. The van der Waals surface area contributed by atoms with Crippen LogP contribution in [0.25, 0.3) is 0 Å². The summed E-state index contributed by atoms with van der Waals surface area (Å²) in [4.78, 5) is 11.6. The molecule has 0 amide bonds. The number of phenolic OH excluding ortho intramolecular Hbond substituents is 1. The van der Waals surface area contributed by atoms with Crippen molar-refractivity contribution in [2.45, 2.75) is 133 Å². The van der Waals surface area contributed by atoms with Crippen LogP contribution >= 0.6 is 0 Å². The molecule has 4 atom stereocenters. The number of carbonyl (C=O) groups excluding carboxylic acids is 1. The number of benzene rings is 4. The average Bonchev–Trinajstić information content (AvgIpc) is 3.18. The molecule has 1 N–H and O–H groups in total. The number of hydrogen-bond donors (Lipinski definition) is 1. The van der Waals surface area contributed by atoms with Crippen LogP contribution in [-0.2, 0) is 16.0 Å². The first-order valence-electron chi connectivity index (χ1n) is 21.8. The first kappa shape index (κ1) is 47.8. The Kier molecular flexibility index (Phi) is 16.8. The zero-order valence-corrected chi connectivity index (χ0v) is 38.8. The van der Waals surface area contributed by atoms with Crippen molar-refractivity contribution >= 4 is 5.97 Å². The molecule has 5 heteroatoms. The Balaban J connectivity index is 1.72. The van der Waals surface area contributed by atoms with Crippen LogP contribution in [0.3, 0.4) is 0 Å². The zero-order valence-electron chi connectivity index (χ0n) is 38.8. The minimum atomic E-state index is -0.368. The number of rotatable bonds is 19. The summed E-state index contributed by atoms with van der Waals surface area (Å²) in [6.45, 7) is 29.2. The Bertz CT molecular complexity index is 2040. The molecule has 4 unspecified atom stereocenters. The average molecular weight is 813 g/mol. The second kappa shape index (κ2) is 21.1. The summed E-state index contributed by atoms with van der Waals surface area (Å²) in [7, 11) is 0. The Hall–Kier alpha value is -4.87. The van der Waals surface area contributed by atoms with Gasteiger partial charge < -0.3 is 19.3 Å². The highest BCUT2D eigenvalue weighted by molar-refractivity contribution is 5.69. The van der Waals surface area contributed by atoms with Crippen molar-refractivity contribution in [2.75, 3.05) is 6.61 Å². The predicted octanol–water partition coefficient (Wildman–Crippen LogP) is 14.7. The smallest absolute Gasteiger partial charge is 0.308 e. The Morgan fingerprint density at radius 2 is 1.07 bits per heavy atom. The summed E-state index contributed by atoms with van der Waals surface area (Å²) >= 11 is 0. The summed E-state index contributed by atoms with van der Waals surface area (Å²) in [6, 6.07) is 34.7. The van der Waals surface area contributed by atoms with Crippen LogP contribution in [0.4, 0.5) is 0 Å². The number of allylic oxidation sites excluding steroid dienone is 6. The number of phenols is 1. The van der Waals surface area contributed by atoms with Gasteiger partial charge >= 0.3 is 5.97 Å². The summed E-state index contributed by atoms with van der Waals surface area (Å²) in [5.41, 5.74) is 8.21. The quantitative estimate of drug-likeness (QED) is 0.0442. The van der Waals surface area contributed by atoms with E-state index in [9.17, 15) is 9.90 Å². The van der Waals surface area contributed by atoms with Gasteiger partial charge in [-0.05, 0) is 115 Å². The van der Waals surface area contributed by atoms with Crippen molar-refractivity contribution in [3.05, 3.63) is 160 Å². The predicted molar refractivity (Wildman–Crippen MR) is 250 cm³/mol. The molecule has 0 spiro atoms. The fraction of sp³-hybridized carbons (Fsp3) is 0.436. The second-order valence-corrected chi connectivity index (χ2v) is 18.7. The van der Waals surface area contributed by atoms with Gasteiger partial charge in [0, 0.05) is 24.7 Å². The van der Waals surface area contributed by atoms with Crippen LogP contribution in [0.2, 0.25) is 0 Å². The van der Waals surface area contributed by atoms with Crippen molar-refractivity contribution < 1.29 is 24.1 Å². The molecular formula is C55H72O5. The van der Waals surface area contributed by atoms with Crippen LogP contribution in [0.5, 0.6) is 17.2 Å². The van der Waals surface area contributed by atoms with E-state index in [0.29, 0.717) is 12.4 Å². The van der Waals surface area contributed by atoms with Gasteiger partial charge in [-0.15, -0.1) is 0 Å². The molecule has 322 valence electrons. The standard InChI is InChI=1S/C55H72O5/c1-14-45(36-50(53(7,8)9)42-23-29-48(30-24-42)59-39(5)56)55(12,13)52(43-21-27-47(57)28-22-43)37-46(15-2)54(10,11)51(35-38(3)4)44-25-31-49(32-26-44)60-40(6)58-34-33-41-19-17-16-18-20-41/h16-32,35-37,40,50-52,57H,14-15,33-34H2,1-13H3/b45-36+,46-37+. The molecule has 0 radical (unpaired) electrons. The summed E-state index contributed by atoms with van der Waals surface area (Å²) in [6.07, 6.45) is 9.67. The zero-order chi connectivity index (χ0) is 44.3. The molecule has 0 aliphatic carbocycles. The second-order valence-electron chi connectivity index (χ2n) is 18.7. The van der Waals surface area contributed by atoms with Gasteiger partial charge in [-0.1, -0.05) is 164 Å². The maximum atomic E-state index is 11.6. The van der Waals surface area contributed by atoms with Crippen LogP contribution in [0.1, 0.15) is 143 Å². The maximum absolute atomic E-state index is 11.6. The molecule has 0 heterocycles. The topological polar surface area (TPSA) is 65.0 Å². The van der Waals surface area contributed by atoms with Gasteiger partial charge in [0.1, 0.15) is 17.2 Å². The van der Waals surface area contributed by atoms with Gasteiger partial charge in [0.25, 0.3) is 0 Å². The van der Waals surface area contributed by atoms with Gasteiger partial charge in [0.05, 0.1) is 6.61 Å². The first-order chi connectivity index (χ1) is 28.3. The molecule has 0 aliphatic rings. The van der Waals surface area contributed by atoms with Crippen LogP contribution in [0, 0.1) is 16.2 Å². The number of carbonyl (C=O) groups is 1. The van der Waals surface area contributed by atoms with Crippen LogP contribution in [-0.4, -0.2) is 24.0 Å². The lowest BCUT2D eigenvalue weighted by Crippen LogP contribution is -2.28. The van der Waals surface area contributed by atoms with Crippen LogP contribution < -0.4 is 9.47 Å². The van der Waals surface area contributed by atoms with Crippen molar-refractivity contribution in [1.82, 2.24) is 0 Å². The number of hydrogen-bond acceptors (Lipinski definition) is 5. The molecule has 0 bridgehead atoms.